The molecule has 0 aliphatic carbocycles. The summed E-state index contributed by atoms with van der Waals surface area (Å²) in [5.41, 5.74) is 0.463. The van der Waals surface area contributed by atoms with E-state index in [0.717, 1.165) is 10.7 Å². The van der Waals surface area contributed by atoms with Gasteiger partial charge in [-0.05, 0) is 37.0 Å². The molecule has 4 atom stereocenters. The summed E-state index contributed by atoms with van der Waals surface area (Å²) in [4.78, 5) is 52.8. The molecule has 0 saturated carbocycles. The van der Waals surface area contributed by atoms with Gasteiger partial charge in [-0.3, -0.25) is 29.8 Å². The number of carbonyl (C=O) groups is 3. The average molecular weight is 467 g/mol. The van der Waals surface area contributed by atoms with Gasteiger partial charge in [-0.1, -0.05) is 24.3 Å². The van der Waals surface area contributed by atoms with Crippen molar-refractivity contribution in [3.8, 4) is 0 Å². The number of rotatable bonds is 5. The fourth-order valence-corrected chi connectivity index (χ4v) is 5.93. The van der Waals surface area contributed by atoms with Crippen molar-refractivity contribution in [2.75, 3.05) is 22.2 Å². The van der Waals surface area contributed by atoms with Gasteiger partial charge >= 0.3 is 0 Å². The maximum absolute atomic E-state index is 13.9. The molecule has 0 aromatic heterocycles. The minimum absolute atomic E-state index is 0.194. The van der Waals surface area contributed by atoms with E-state index >= 15 is 0 Å². The van der Waals surface area contributed by atoms with Gasteiger partial charge in [0.25, 0.3) is 5.69 Å². The summed E-state index contributed by atoms with van der Waals surface area (Å²) in [6.45, 7) is 1.70. The fourth-order valence-electron chi connectivity index (χ4n) is 5.44. The van der Waals surface area contributed by atoms with Crippen molar-refractivity contribution in [2.45, 2.75) is 24.9 Å². The summed E-state index contributed by atoms with van der Waals surface area (Å²) < 4.78 is 0. The van der Waals surface area contributed by atoms with Crippen molar-refractivity contribution in [1.82, 2.24) is 5.32 Å². The van der Waals surface area contributed by atoms with E-state index in [0.29, 0.717) is 23.2 Å². The van der Waals surface area contributed by atoms with Gasteiger partial charge in [-0.25, -0.2) is 4.90 Å². The van der Waals surface area contributed by atoms with Crippen LogP contribution < -0.4 is 15.5 Å². The zero-order valence-corrected chi connectivity index (χ0v) is 18.8. The Morgan fingerprint density at radius 2 is 1.91 bits per heavy atom. The first-order valence-electron chi connectivity index (χ1n) is 10.6. The van der Waals surface area contributed by atoms with Crippen LogP contribution in [0.15, 0.2) is 42.5 Å². The second-order valence-electron chi connectivity index (χ2n) is 8.58. The lowest BCUT2D eigenvalue weighted by Gasteiger charge is -2.29. The van der Waals surface area contributed by atoms with Crippen LogP contribution in [0.1, 0.15) is 17.5 Å². The molecule has 2 N–H and O–H groups in total. The lowest BCUT2D eigenvalue weighted by molar-refractivity contribution is -0.384. The van der Waals surface area contributed by atoms with Crippen LogP contribution >= 0.6 is 11.8 Å². The van der Waals surface area contributed by atoms with E-state index in [2.05, 4.69) is 10.6 Å². The Morgan fingerprint density at radius 1 is 1.15 bits per heavy atom. The second kappa shape index (κ2) is 7.67. The number of aryl methyl sites for hydroxylation is 1. The third kappa shape index (κ3) is 2.94. The van der Waals surface area contributed by atoms with Gasteiger partial charge in [0, 0.05) is 29.4 Å². The van der Waals surface area contributed by atoms with Crippen LogP contribution in [-0.4, -0.2) is 40.7 Å². The number of hydrogen-bond donors (Lipinski definition) is 2. The quantitative estimate of drug-likeness (QED) is 0.395. The molecule has 3 amide bonds. The molecule has 3 aliphatic rings. The first-order valence-corrected chi connectivity index (χ1v) is 12.0. The Bertz CT molecular complexity index is 1220. The van der Waals surface area contributed by atoms with Crippen LogP contribution in [0.25, 0.3) is 0 Å². The zero-order valence-electron chi connectivity index (χ0n) is 18.0. The zero-order chi connectivity index (χ0) is 23.5. The van der Waals surface area contributed by atoms with E-state index < -0.39 is 34.1 Å². The number of nitrogens with one attached hydrogen (secondary N) is 2. The van der Waals surface area contributed by atoms with Crippen LogP contribution in [0, 0.1) is 28.9 Å². The number of carbonyl (C=O) groups excluding carboxylic acids is 3. The molecule has 170 valence electrons. The van der Waals surface area contributed by atoms with Crippen LogP contribution in [0.3, 0.4) is 0 Å². The van der Waals surface area contributed by atoms with Crippen molar-refractivity contribution in [3.05, 3.63) is 63.7 Å². The van der Waals surface area contributed by atoms with E-state index in [1.165, 1.54) is 18.2 Å². The molecule has 5 rings (SSSR count). The third-order valence-electron chi connectivity index (χ3n) is 6.90. The van der Waals surface area contributed by atoms with Crippen molar-refractivity contribution in [2.24, 2.45) is 11.8 Å². The molecule has 2 saturated heterocycles. The molecule has 10 heteroatoms. The standard InChI is InChI=1S/C23H22N4O5S/c1-12-7-8-13(27(31)32)11-17(12)26-20(28)18-16(9-10-33-2)25-23(19(18)21(26)29)14-5-3-4-6-15(14)24-22(23)30/h3-8,11,16,18-19,25H,9-10H2,1-2H3,(H,24,30)/t16-,18+,19+,23-/m1/s1. The Hall–Kier alpha value is -3.24. The van der Waals surface area contributed by atoms with E-state index in [4.69, 9.17) is 0 Å². The molecule has 2 aromatic rings. The highest BCUT2D eigenvalue weighted by molar-refractivity contribution is 7.98. The molecule has 0 radical (unpaired) electrons. The number of amides is 3. The van der Waals surface area contributed by atoms with E-state index in [1.54, 1.807) is 43.0 Å². The van der Waals surface area contributed by atoms with Crippen LogP contribution in [0.5, 0.6) is 0 Å². The summed E-state index contributed by atoms with van der Waals surface area (Å²) in [6.07, 6.45) is 2.56. The number of benzene rings is 2. The van der Waals surface area contributed by atoms with Gasteiger partial charge in [0.15, 0.2) is 0 Å². The lowest BCUT2D eigenvalue weighted by atomic mass is 9.76. The molecular weight excluding hydrogens is 444 g/mol. The number of nitro benzene ring substituents is 1. The molecular formula is C23H22N4O5S. The number of nitro groups is 1. The van der Waals surface area contributed by atoms with Gasteiger partial charge in [0.1, 0.15) is 5.54 Å². The number of non-ortho nitro benzene ring substituents is 1. The van der Waals surface area contributed by atoms with E-state index in [9.17, 15) is 24.5 Å². The van der Waals surface area contributed by atoms with E-state index in [-0.39, 0.29) is 23.3 Å². The van der Waals surface area contributed by atoms with Gasteiger partial charge in [-0.15, -0.1) is 0 Å². The number of fused-ring (bicyclic) bond motifs is 4. The minimum atomic E-state index is -1.36. The Labute approximate surface area is 194 Å². The Morgan fingerprint density at radius 3 is 2.64 bits per heavy atom. The normalized spacial score (nSPS) is 27.8. The monoisotopic (exact) mass is 466 g/mol. The molecule has 2 aromatic carbocycles. The first kappa shape index (κ1) is 21.6. The summed E-state index contributed by atoms with van der Waals surface area (Å²) in [5, 5.41) is 17.6. The maximum Gasteiger partial charge on any atom is 0.271 e. The highest BCUT2D eigenvalue weighted by atomic mass is 32.2. The average Bonchev–Trinajstić information content (AvgIpc) is 3.37. The molecule has 3 heterocycles. The molecule has 9 nitrogen and oxygen atoms in total. The molecule has 0 unspecified atom stereocenters. The maximum atomic E-state index is 13.9. The summed E-state index contributed by atoms with van der Waals surface area (Å²) in [7, 11) is 0. The Kier molecular flexibility index (Phi) is 5.02. The number of anilines is 2. The second-order valence-corrected chi connectivity index (χ2v) is 9.57. The minimum Gasteiger partial charge on any atom is -0.324 e. The topological polar surface area (TPSA) is 122 Å². The van der Waals surface area contributed by atoms with E-state index in [1.807, 2.05) is 6.26 Å². The van der Waals surface area contributed by atoms with Gasteiger partial charge < -0.3 is 5.32 Å². The van der Waals surface area contributed by atoms with Crippen molar-refractivity contribution in [3.63, 3.8) is 0 Å². The summed E-state index contributed by atoms with van der Waals surface area (Å²) in [6, 6.07) is 10.9. The van der Waals surface area contributed by atoms with Gasteiger partial charge in [0.2, 0.25) is 17.7 Å². The lowest BCUT2D eigenvalue weighted by Crippen LogP contribution is -2.53. The number of nitrogens with zero attached hydrogens (tertiary/aromatic N) is 2. The smallest absolute Gasteiger partial charge is 0.271 e. The van der Waals surface area contributed by atoms with Gasteiger partial charge in [0.05, 0.1) is 22.4 Å². The highest BCUT2D eigenvalue weighted by Gasteiger charge is 2.70. The number of para-hydroxylation sites is 1. The first-order chi connectivity index (χ1) is 15.8. The van der Waals surface area contributed by atoms with Crippen LogP contribution in [-0.2, 0) is 19.9 Å². The molecule has 1 spiro atoms. The highest BCUT2D eigenvalue weighted by Crippen LogP contribution is 2.54. The number of thioether (sulfide) groups is 1. The summed E-state index contributed by atoms with van der Waals surface area (Å²) in [5.74, 6) is -2.25. The predicted octanol–water partition coefficient (Wildman–Crippen LogP) is 2.58. The van der Waals surface area contributed by atoms with Crippen molar-refractivity contribution >= 4 is 46.5 Å². The van der Waals surface area contributed by atoms with Crippen molar-refractivity contribution < 1.29 is 19.3 Å². The largest absolute Gasteiger partial charge is 0.324 e. The van der Waals surface area contributed by atoms with Gasteiger partial charge in [-0.2, -0.15) is 11.8 Å². The van der Waals surface area contributed by atoms with Crippen LogP contribution in [0.2, 0.25) is 0 Å². The van der Waals surface area contributed by atoms with Crippen LogP contribution in [0.4, 0.5) is 17.1 Å². The SMILES string of the molecule is CSCC[C@H]1N[C@@]2(C(=O)Nc3ccccc32)[C@@H]2C(=O)N(c3cc([N+](=O)[O-])ccc3C)C(=O)[C@H]21. The van der Waals surface area contributed by atoms with Crippen molar-refractivity contribution in [1.29, 1.82) is 0 Å². The fraction of sp³-hybridized carbons (Fsp3) is 0.348. The number of hydrogen-bond acceptors (Lipinski definition) is 7. The third-order valence-corrected chi connectivity index (χ3v) is 7.54. The molecule has 0 bridgehead atoms. The molecule has 2 fully saturated rings. The molecule has 33 heavy (non-hydrogen) atoms. The Balaban J connectivity index is 1.66. The predicted molar refractivity (Wildman–Crippen MR) is 124 cm³/mol. The molecule has 3 aliphatic heterocycles. The number of imide groups is 1. The summed E-state index contributed by atoms with van der Waals surface area (Å²) >= 11 is 1.62.